The van der Waals surface area contributed by atoms with Gasteiger partial charge in [0.05, 0.1) is 16.1 Å². The van der Waals surface area contributed by atoms with Gasteiger partial charge in [-0.2, -0.15) is 0 Å². The van der Waals surface area contributed by atoms with E-state index < -0.39 is 16.0 Å². The first-order chi connectivity index (χ1) is 15.3. The van der Waals surface area contributed by atoms with Crippen LogP contribution in [-0.2, 0) is 10.0 Å². The summed E-state index contributed by atoms with van der Waals surface area (Å²) in [6.45, 7) is 1.88. The van der Waals surface area contributed by atoms with Gasteiger partial charge < -0.3 is 5.11 Å². The Kier molecular flexibility index (Phi) is 5.63. The van der Waals surface area contributed by atoms with Crippen molar-refractivity contribution in [2.45, 2.75) is 11.8 Å². The minimum absolute atomic E-state index is 0.137. The van der Waals surface area contributed by atoms with Crippen molar-refractivity contribution in [2.24, 2.45) is 0 Å². The number of para-hydroxylation sites is 1. The monoisotopic (exact) mass is 442 g/mol. The molecule has 4 rings (SSSR count). The summed E-state index contributed by atoms with van der Waals surface area (Å²) in [5.74, 6) is 4.89. The Bertz CT molecular complexity index is 1500. The van der Waals surface area contributed by atoms with E-state index in [1.54, 1.807) is 60.9 Å². The lowest BCUT2D eigenvalue weighted by Crippen LogP contribution is -2.14. The maximum absolute atomic E-state index is 13.2. The first-order valence-electron chi connectivity index (χ1n) is 9.66. The van der Waals surface area contributed by atoms with Gasteiger partial charge in [0.25, 0.3) is 10.0 Å². The Morgan fingerprint density at radius 2 is 1.66 bits per heavy atom. The molecular formula is C25H18N2O4S. The average molecular weight is 442 g/mol. The van der Waals surface area contributed by atoms with E-state index in [-0.39, 0.29) is 10.5 Å². The zero-order chi connectivity index (χ0) is 22.7. The molecule has 1 heterocycles. The third kappa shape index (κ3) is 4.31. The molecule has 0 aliphatic carbocycles. The largest absolute Gasteiger partial charge is 0.478 e. The summed E-state index contributed by atoms with van der Waals surface area (Å²) in [6.07, 6.45) is 3.24. The van der Waals surface area contributed by atoms with Crippen LogP contribution < -0.4 is 4.72 Å². The van der Waals surface area contributed by atoms with Crippen LogP contribution in [0.2, 0.25) is 0 Å². The third-order valence-corrected chi connectivity index (χ3v) is 6.32. The van der Waals surface area contributed by atoms with Crippen LogP contribution >= 0.6 is 0 Å². The third-order valence-electron chi connectivity index (χ3n) is 4.90. The van der Waals surface area contributed by atoms with Gasteiger partial charge in [0.2, 0.25) is 0 Å². The molecule has 0 saturated carbocycles. The highest BCUT2D eigenvalue weighted by molar-refractivity contribution is 7.93. The van der Waals surface area contributed by atoms with Crippen molar-refractivity contribution in [3.8, 4) is 11.8 Å². The Labute approximate surface area is 185 Å². The number of hydrogen-bond acceptors (Lipinski definition) is 4. The van der Waals surface area contributed by atoms with E-state index in [2.05, 4.69) is 21.5 Å². The lowest BCUT2D eigenvalue weighted by molar-refractivity contribution is 0.0697. The Morgan fingerprint density at radius 3 is 2.41 bits per heavy atom. The SMILES string of the molecule is Cc1cncc2c(S(=O)(=O)Nc3ccccc3C#Cc3ccc(C(=O)O)cc3)cccc12. The number of aromatic nitrogens is 1. The molecule has 0 amide bonds. The average Bonchev–Trinajstić information content (AvgIpc) is 2.78. The molecule has 0 spiro atoms. The number of sulfonamides is 1. The molecule has 0 fully saturated rings. The maximum Gasteiger partial charge on any atom is 0.335 e. The summed E-state index contributed by atoms with van der Waals surface area (Å²) in [7, 11) is -3.90. The van der Waals surface area contributed by atoms with Gasteiger partial charge in [-0.25, -0.2) is 13.2 Å². The number of fused-ring (bicyclic) bond motifs is 1. The molecule has 6 nitrogen and oxygen atoms in total. The van der Waals surface area contributed by atoms with Crippen molar-refractivity contribution in [3.63, 3.8) is 0 Å². The van der Waals surface area contributed by atoms with Crippen molar-refractivity contribution >= 4 is 32.5 Å². The topological polar surface area (TPSA) is 96.4 Å². The van der Waals surface area contributed by atoms with Gasteiger partial charge in [0.1, 0.15) is 0 Å². The fourth-order valence-electron chi connectivity index (χ4n) is 3.27. The van der Waals surface area contributed by atoms with Crippen LogP contribution in [0.25, 0.3) is 10.8 Å². The molecule has 0 aliphatic heterocycles. The normalized spacial score (nSPS) is 10.9. The molecule has 0 saturated heterocycles. The Morgan fingerprint density at radius 1 is 0.906 bits per heavy atom. The quantitative estimate of drug-likeness (QED) is 0.456. The summed E-state index contributed by atoms with van der Waals surface area (Å²) >= 11 is 0. The molecule has 0 bridgehead atoms. The molecule has 1 aromatic heterocycles. The number of carboxylic acid groups (broad SMARTS) is 1. The highest BCUT2D eigenvalue weighted by atomic mass is 32.2. The highest BCUT2D eigenvalue weighted by Crippen LogP contribution is 2.27. The molecule has 7 heteroatoms. The van der Waals surface area contributed by atoms with Crippen LogP contribution in [0.15, 0.2) is 84.0 Å². The fraction of sp³-hybridized carbons (Fsp3) is 0.0400. The van der Waals surface area contributed by atoms with Crippen LogP contribution in [0.5, 0.6) is 0 Å². The number of anilines is 1. The molecule has 0 unspecified atom stereocenters. The van der Waals surface area contributed by atoms with E-state index in [0.29, 0.717) is 22.2 Å². The number of carbonyl (C=O) groups is 1. The second-order valence-corrected chi connectivity index (χ2v) is 8.74. The Hall–Kier alpha value is -4.15. The molecule has 0 aliphatic rings. The number of aromatic carboxylic acids is 1. The van der Waals surface area contributed by atoms with Crippen molar-refractivity contribution in [1.29, 1.82) is 0 Å². The first-order valence-corrected chi connectivity index (χ1v) is 11.1. The number of carboxylic acids is 1. The summed E-state index contributed by atoms with van der Waals surface area (Å²) in [5.41, 5.74) is 2.51. The minimum Gasteiger partial charge on any atom is -0.478 e. The molecule has 0 radical (unpaired) electrons. The zero-order valence-corrected chi connectivity index (χ0v) is 17.8. The van der Waals surface area contributed by atoms with Crippen molar-refractivity contribution in [2.75, 3.05) is 4.72 Å². The van der Waals surface area contributed by atoms with E-state index >= 15 is 0 Å². The van der Waals surface area contributed by atoms with E-state index in [9.17, 15) is 13.2 Å². The van der Waals surface area contributed by atoms with E-state index in [0.717, 1.165) is 10.9 Å². The van der Waals surface area contributed by atoms with Crippen LogP contribution in [0, 0.1) is 18.8 Å². The van der Waals surface area contributed by atoms with E-state index in [4.69, 9.17) is 5.11 Å². The number of rotatable bonds is 4. The second-order valence-electron chi connectivity index (χ2n) is 7.09. The standard InChI is InChI=1S/C25H18N2O4S/c1-17-15-26-16-22-21(17)6-4-8-24(22)32(30,31)27-23-7-3-2-5-19(23)12-9-18-10-13-20(14-11-18)25(28)29/h2-8,10-11,13-16,27H,1H3,(H,28,29). The van der Waals surface area contributed by atoms with Crippen LogP contribution in [0.1, 0.15) is 27.0 Å². The lowest BCUT2D eigenvalue weighted by Gasteiger charge is -2.12. The van der Waals surface area contributed by atoms with Crippen LogP contribution in [0.3, 0.4) is 0 Å². The number of nitrogens with zero attached hydrogens (tertiary/aromatic N) is 1. The Balaban J connectivity index is 1.69. The highest BCUT2D eigenvalue weighted by Gasteiger charge is 2.19. The molecule has 4 aromatic rings. The van der Waals surface area contributed by atoms with E-state index in [1.165, 1.54) is 12.1 Å². The first kappa shape index (κ1) is 21.1. The smallest absolute Gasteiger partial charge is 0.335 e. The van der Waals surface area contributed by atoms with Crippen molar-refractivity contribution in [1.82, 2.24) is 4.98 Å². The van der Waals surface area contributed by atoms with Gasteiger partial charge in [-0.05, 0) is 60.3 Å². The maximum atomic E-state index is 13.2. The number of nitrogens with one attached hydrogen (secondary N) is 1. The van der Waals surface area contributed by atoms with Gasteiger partial charge in [0.15, 0.2) is 0 Å². The molecule has 3 aromatic carbocycles. The summed E-state index contributed by atoms with van der Waals surface area (Å²) in [4.78, 5) is 15.3. The van der Waals surface area contributed by atoms with Crippen molar-refractivity contribution in [3.05, 3.63) is 101 Å². The van der Waals surface area contributed by atoms with Gasteiger partial charge in [-0.1, -0.05) is 36.1 Å². The molecule has 2 N–H and O–H groups in total. The molecule has 0 atom stereocenters. The summed E-state index contributed by atoms with van der Waals surface area (Å²) in [5, 5.41) is 10.4. The number of pyridine rings is 1. The van der Waals surface area contributed by atoms with Crippen LogP contribution in [-0.4, -0.2) is 24.5 Å². The lowest BCUT2D eigenvalue weighted by atomic mass is 10.1. The van der Waals surface area contributed by atoms with Gasteiger partial charge in [0, 0.05) is 28.9 Å². The molecule has 32 heavy (non-hydrogen) atoms. The van der Waals surface area contributed by atoms with Crippen LogP contribution in [0.4, 0.5) is 5.69 Å². The predicted octanol–water partition coefficient (Wildman–Crippen LogP) is 4.44. The van der Waals surface area contributed by atoms with Gasteiger partial charge in [-0.15, -0.1) is 0 Å². The fourth-order valence-corrected chi connectivity index (χ4v) is 4.55. The predicted molar refractivity (Wildman–Crippen MR) is 123 cm³/mol. The van der Waals surface area contributed by atoms with Gasteiger partial charge in [-0.3, -0.25) is 9.71 Å². The number of benzene rings is 3. The minimum atomic E-state index is -3.90. The zero-order valence-electron chi connectivity index (χ0n) is 17.0. The van der Waals surface area contributed by atoms with E-state index in [1.807, 2.05) is 13.0 Å². The summed E-state index contributed by atoms with van der Waals surface area (Å²) in [6, 6.07) is 18.1. The molecular weight excluding hydrogens is 424 g/mol. The van der Waals surface area contributed by atoms with Gasteiger partial charge >= 0.3 is 5.97 Å². The number of hydrogen-bond donors (Lipinski definition) is 2. The molecule has 158 valence electrons. The van der Waals surface area contributed by atoms with Crippen molar-refractivity contribution < 1.29 is 18.3 Å². The second kappa shape index (κ2) is 8.53. The number of aryl methyl sites for hydroxylation is 1. The summed E-state index contributed by atoms with van der Waals surface area (Å²) < 4.78 is 29.1.